The number of ether oxygens (including phenoxy) is 1. The van der Waals surface area contributed by atoms with Crippen LogP contribution in [0.4, 0.5) is 13.2 Å². The summed E-state index contributed by atoms with van der Waals surface area (Å²) in [6.45, 7) is -1.80. The van der Waals surface area contributed by atoms with Gasteiger partial charge in [-0.3, -0.25) is 9.59 Å². The first-order valence-corrected chi connectivity index (χ1v) is 4.68. The molecular weight excluding hydrogens is 243 g/mol. The van der Waals surface area contributed by atoms with Crippen molar-refractivity contribution in [2.24, 2.45) is 11.5 Å². The van der Waals surface area contributed by atoms with Crippen LogP contribution in [0.15, 0.2) is 0 Å². The fourth-order valence-electron chi connectivity index (χ4n) is 0.875. The zero-order valence-electron chi connectivity index (χ0n) is 8.92. The molecule has 100 valence electrons. The zero-order valence-corrected chi connectivity index (χ0v) is 8.92. The van der Waals surface area contributed by atoms with E-state index < -0.39 is 30.6 Å². The molecule has 0 aromatic carbocycles. The van der Waals surface area contributed by atoms with E-state index in [4.69, 9.17) is 11.5 Å². The molecule has 6 nitrogen and oxygen atoms in total. The van der Waals surface area contributed by atoms with Crippen molar-refractivity contribution < 1.29 is 27.5 Å². The van der Waals surface area contributed by atoms with E-state index >= 15 is 0 Å². The number of alkyl halides is 3. The number of hydrogen-bond acceptors (Lipinski definition) is 4. The third-order valence-electron chi connectivity index (χ3n) is 1.57. The minimum Gasteiger partial charge on any atom is -0.370 e. The fraction of sp³-hybridized carbons (Fsp3) is 0.750. The maximum Gasteiger partial charge on any atom is 0.411 e. The summed E-state index contributed by atoms with van der Waals surface area (Å²) >= 11 is 0. The Kier molecular flexibility index (Phi) is 6.51. The second-order valence-electron chi connectivity index (χ2n) is 3.24. The molecule has 0 spiro atoms. The Morgan fingerprint density at radius 1 is 1.35 bits per heavy atom. The van der Waals surface area contributed by atoms with E-state index in [1.54, 1.807) is 0 Å². The number of nitrogens with one attached hydrogen (secondary N) is 1. The molecule has 0 aliphatic heterocycles. The molecule has 1 unspecified atom stereocenters. The number of carbonyl (C=O) groups excluding carboxylic acids is 2. The van der Waals surface area contributed by atoms with Crippen molar-refractivity contribution in [3.8, 4) is 0 Å². The molecular formula is C8H14F3N3O3. The molecule has 5 N–H and O–H groups in total. The highest BCUT2D eigenvalue weighted by atomic mass is 19.4. The Morgan fingerprint density at radius 3 is 2.41 bits per heavy atom. The predicted octanol–water partition coefficient (Wildman–Crippen LogP) is -1.12. The molecule has 0 rings (SSSR count). The Balaban J connectivity index is 3.61. The van der Waals surface area contributed by atoms with Gasteiger partial charge in [0.15, 0.2) is 0 Å². The first-order valence-electron chi connectivity index (χ1n) is 4.68. The van der Waals surface area contributed by atoms with Crippen molar-refractivity contribution in [1.29, 1.82) is 0 Å². The van der Waals surface area contributed by atoms with Gasteiger partial charge in [0.25, 0.3) is 0 Å². The third-order valence-corrected chi connectivity index (χ3v) is 1.57. The number of hydrogen-bond donors (Lipinski definition) is 3. The van der Waals surface area contributed by atoms with Gasteiger partial charge in [-0.05, 0) is 0 Å². The predicted molar refractivity (Wildman–Crippen MR) is 51.7 cm³/mol. The standard InChI is InChI=1S/C8H14F3N3O3/c9-8(10,11)4-17-2-1-14-7(16)5(12)3-6(13)15/h5H,1-4,12H2,(H2,13,15)(H,14,16). The summed E-state index contributed by atoms with van der Waals surface area (Å²) in [6, 6.07) is -1.10. The topological polar surface area (TPSA) is 107 Å². The van der Waals surface area contributed by atoms with Crippen molar-refractivity contribution in [1.82, 2.24) is 5.32 Å². The Labute approximate surface area is 95.5 Å². The molecule has 1 atom stereocenters. The van der Waals surface area contributed by atoms with Gasteiger partial charge in [0, 0.05) is 6.54 Å². The van der Waals surface area contributed by atoms with E-state index in [9.17, 15) is 22.8 Å². The molecule has 2 amide bonds. The molecule has 17 heavy (non-hydrogen) atoms. The first kappa shape index (κ1) is 15.7. The van der Waals surface area contributed by atoms with Crippen molar-refractivity contribution >= 4 is 11.8 Å². The highest BCUT2D eigenvalue weighted by Gasteiger charge is 2.27. The Bertz CT molecular complexity index is 270. The normalized spacial score (nSPS) is 13.2. The van der Waals surface area contributed by atoms with E-state index in [0.717, 1.165) is 0 Å². The lowest BCUT2D eigenvalue weighted by atomic mass is 10.2. The summed E-state index contributed by atoms with van der Waals surface area (Å²) in [5.41, 5.74) is 10.1. The molecule has 0 aromatic rings. The van der Waals surface area contributed by atoms with Crippen LogP contribution in [-0.2, 0) is 14.3 Å². The van der Waals surface area contributed by atoms with Crippen molar-refractivity contribution in [2.75, 3.05) is 19.8 Å². The number of halogens is 3. The molecule has 0 aliphatic carbocycles. The lowest BCUT2D eigenvalue weighted by molar-refractivity contribution is -0.173. The van der Waals surface area contributed by atoms with Crippen LogP contribution in [0.3, 0.4) is 0 Å². The largest absolute Gasteiger partial charge is 0.411 e. The molecule has 0 fully saturated rings. The van der Waals surface area contributed by atoms with Crippen molar-refractivity contribution in [2.45, 2.75) is 18.6 Å². The maximum absolute atomic E-state index is 11.6. The summed E-state index contributed by atoms with van der Waals surface area (Å²) < 4.78 is 39.1. The van der Waals surface area contributed by atoms with E-state index in [2.05, 4.69) is 10.1 Å². The van der Waals surface area contributed by atoms with Crippen molar-refractivity contribution in [3.63, 3.8) is 0 Å². The highest BCUT2D eigenvalue weighted by Crippen LogP contribution is 2.13. The SMILES string of the molecule is NC(=O)CC(N)C(=O)NCCOCC(F)(F)F. The Hall–Kier alpha value is -1.35. The quantitative estimate of drug-likeness (QED) is 0.502. The minimum absolute atomic E-state index is 0.124. The molecule has 0 aliphatic rings. The number of rotatable bonds is 7. The maximum atomic E-state index is 11.6. The van der Waals surface area contributed by atoms with Crippen LogP contribution in [-0.4, -0.2) is 43.8 Å². The third kappa shape index (κ3) is 9.57. The van der Waals surface area contributed by atoms with Gasteiger partial charge in [0.2, 0.25) is 11.8 Å². The zero-order chi connectivity index (χ0) is 13.5. The second-order valence-corrected chi connectivity index (χ2v) is 3.24. The smallest absolute Gasteiger partial charge is 0.370 e. The van der Waals surface area contributed by atoms with E-state index in [-0.39, 0.29) is 19.6 Å². The van der Waals surface area contributed by atoms with E-state index in [0.29, 0.717) is 0 Å². The lowest BCUT2D eigenvalue weighted by Crippen LogP contribution is -2.44. The number of primary amides is 1. The van der Waals surface area contributed by atoms with Crippen LogP contribution in [0, 0.1) is 0 Å². The summed E-state index contributed by atoms with van der Waals surface area (Å²) in [5.74, 6) is -1.40. The van der Waals surface area contributed by atoms with Crippen molar-refractivity contribution in [3.05, 3.63) is 0 Å². The van der Waals surface area contributed by atoms with Gasteiger partial charge >= 0.3 is 6.18 Å². The molecule has 0 heterocycles. The second kappa shape index (κ2) is 7.07. The van der Waals surface area contributed by atoms with Crippen LogP contribution >= 0.6 is 0 Å². The molecule has 0 saturated heterocycles. The average Bonchev–Trinajstić information content (AvgIpc) is 2.13. The molecule has 0 radical (unpaired) electrons. The monoisotopic (exact) mass is 257 g/mol. The number of carbonyl (C=O) groups is 2. The summed E-state index contributed by atoms with van der Waals surface area (Å²) in [4.78, 5) is 21.5. The van der Waals surface area contributed by atoms with Gasteiger partial charge in [-0.2, -0.15) is 13.2 Å². The summed E-state index contributed by atoms with van der Waals surface area (Å²) in [7, 11) is 0. The minimum atomic E-state index is -4.40. The van der Waals surface area contributed by atoms with Gasteiger partial charge < -0.3 is 21.5 Å². The Morgan fingerprint density at radius 2 is 1.94 bits per heavy atom. The summed E-state index contributed by atoms with van der Waals surface area (Å²) in [5, 5.41) is 2.21. The van der Waals surface area contributed by atoms with Crippen LogP contribution in [0.2, 0.25) is 0 Å². The average molecular weight is 257 g/mol. The molecule has 9 heteroatoms. The van der Waals surface area contributed by atoms with Crippen LogP contribution < -0.4 is 16.8 Å². The van der Waals surface area contributed by atoms with Gasteiger partial charge in [0.05, 0.1) is 19.1 Å². The van der Waals surface area contributed by atoms with Gasteiger partial charge in [0.1, 0.15) is 6.61 Å². The lowest BCUT2D eigenvalue weighted by Gasteiger charge is -2.11. The first-order chi connectivity index (χ1) is 7.72. The van der Waals surface area contributed by atoms with Crippen LogP contribution in [0.1, 0.15) is 6.42 Å². The number of nitrogens with two attached hydrogens (primary N) is 2. The van der Waals surface area contributed by atoms with Crippen LogP contribution in [0.5, 0.6) is 0 Å². The van der Waals surface area contributed by atoms with Crippen LogP contribution in [0.25, 0.3) is 0 Å². The van der Waals surface area contributed by atoms with Gasteiger partial charge in [-0.25, -0.2) is 0 Å². The summed E-state index contributed by atoms with van der Waals surface area (Å²) in [6.07, 6.45) is -4.72. The van der Waals surface area contributed by atoms with E-state index in [1.807, 2.05) is 0 Å². The molecule has 0 aromatic heterocycles. The van der Waals surface area contributed by atoms with Gasteiger partial charge in [-0.1, -0.05) is 0 Å². The molecule has 0 bridgehead atoms. The number of amides is 2. The van der Waals surface area contributed by atoms with E-state index in [1.165, 1.54) is 0 Å². The fourth-order valence-corrected chi connectivity index (χ4v) is 0.875. The molecule has 0 saturated carbocycles. The van der Waals surface area contributed by atoms with Gasteiger partial charge in [-0.15, -0.1) is 0 Å². The highest BCUT2D eigenvalue weighted by molar-refractivity contribution is 5.87.